The minimum Gasteiger partial charge on any atom is -0.487 e. The van der Waals surface area contributed by atoms with Crippen LogP contribution in [-0.2, 0) is 12.0 Å². The van der Waals surface area contributed by atoms with E-state index in [1.807, 2.05) is 6.07 Å². The fourth-order valence-corrected chi connectivity index (χ4v) is 2.01. The van der Waals surface area contributed by atoms with Gasteiger partial charge in [0.2, 0.25) is 0 Å². The Morgan fingerprint density at radius 3 is 2.52 bits per heavy atom. The Balaban J connectivity index is 2.15. The van der Waals surface area contributed by atoms with E-state index in [0.29, 0.717) is 12.4 Å². The first-order valence-corrected chi connectivity index (χ1v) is 6.91. The van der Waals surface area contributed by atoms with Crippen LogP contribution in [0, 0.1) is 6.92 Å². The Bertz CT molecular complexity index is 603. The maximum Gasteiger partial charge on any atom is 0.158 e. The second-order valence-electron chi connectivity index (χ2n) is 6.08. The molecule has 3 N–H and O–H groups in total. The summed E-state index contributed by atoms with van der Waals surface area (Å²) < 4.78 is 5.92. The number of nitrogens with one attached hydrogen (secondary N) is 1. The molecule has 0 saturated heterocycles. The molecule has 0 aliphatic rings. The fraction of sp³-hybridized carbons (Fsp3) is 0.375. The highest BCUT2D eigenvalue weighted by molar-refractivity contribution is 5.41. The summed E-state index contributed by atoms with van der Waals surface area (Å²) in [6.07, 6.45) is 3.23. The van der Waals surface area contributed by atoms with E-state index in [9.17, 15) is 0 Å². The summed E-state index contributed by atoms with van der Waals surface area (Å²) in [7, 11) is 0. The van der Waals surface area contributed by atoms with Gasteiger partial charge in [0.05, 0.1) is 18.1 Å². The number of nitrogens with zero attached hydrogens (tertiary/aromatic N) is 2. The fourth-order valence-electron chi connectivity index (χ4n) is 2.01. The topological polar surface area (TPSA) is 73.1 Å². The lowest BCUT2D eigenvalue weighted by Gasteiger charge is -2.23. The summed E-state index contributed by atoms with van der Waals surface area (Å²) in [6.45, 7) is 9.00. The molecule has 1 heterocycles. The number of anilines is 1. The molecular weight excluding hydrogens is 264 g/mol. The van der Waals surface area contributed by atoms with E-state index >= 15 is 0 Å². The van der Waals surface area contributed by atoms with Gasteiger partial charge in [0.15, 0.2) is 5.82 Å². The number of hydrogen-bond donors (Lipinski definition) is 2. The average Bonchev–Trinajstić information content (AvgIpc) is 2.45. The van der Waals surface area contributed by atoms with Gasteiger partial charge < -0.3 is 10.2 Å². The molecule has 0 spiro atoms. The zero-order valence-corrected chi connectivity index (χ0v) is 13.0. The smallest absolute Gasteiger partial charge is 0.158 e. The van der Waals surface area contributed by atoms with Crippen LogP contribution in [0.4, 0.5) is 5.82 Å². The quantitative estimate of drug-likeness (QED) is 0.668. The molecule has 0 radical (unpaired) electrons. The Kier molecular flexibility index (Phi) is 4.43. The molecule has 0 fully saturated rings. The van der Waals surface area contributed by atoms with E-state index in [4.69, 9.17) is 10.6 Å². The number of hydrazine groups is 1. The van der Waals surface area contributed by atoms with Gasteiger partial charge in [-0.2, -0.15) is 0 Å². The summed E-state index contributed by atoms with van der Waals surface area (Å²) in [5, 5.41) is 0. The highest BCUT2D eigenvalue weighted by atomic mass is 16.5. The van der Waals surface area contributed by atoms with Crippen molar-refractivity contribution in [1.82, 2.24) is 9.97 Å². The zero-order valence-electron chi connectivity index (χ0n) is 13.0. The molecule has 1 aromatic carbocycles. The highest BCUT2D eigenvalue weighted by Crippen LogP contribution is 2.32. The lowest BCUT2D eigenvalue weighted by Crippen LogP contribution is -2.14. The van der Waals surface area contributed by atoms with Crippen LogP contribution in [0.15, 0.2) is 30.6 Å². The van der Waals surface area contributed by atoms with Crippen molar-refractivity contribution in [3.05, 3.63) is 47.4 Å². The van der Waals surface area contributed by atoms with Crippen molar-refractivity contribution in [2.45, 2.75) is 39.7 Å². The molecule has 0 unspecified atom stereocenters. The van der Waals surface area contributed by atoms with E-state index in [-0.39, 0.29) is 5.41 Å². The predicted octanol–water partition coefficient (Wildman–Crippen LogP) is 2.95. The van der Waals surface area contributed by atoms with Gasteiger partial charge in [0.1, 0.15) is 12.4 Å². The number of aryl methyl sites for hydroxylation is 1. The van der Waals surface area contributed by atoms with E-state index in [2.05, 4.69) is 55.2 Å². The molecule has 0 aliphatic carbocycles. The third kappa shape index (κ3) is 3.92. The normalized spacial score (nSPS) is 11.3. The molecule has 5 nitrogen and oxygen atoms in total. The van der Waals surface area contributed by atoms with Crippen molar-refractivity contribution < 1.29 is 4.74 Å². The molecule has 112 valence electrons. The molecule has 0 atom stereocenters. The number of ether oxygens (including phenoxy) is 1. The molecule has 0 saturated carbocycles. The molecule has 0 aliphatic heterocycles. The molecule has 2 rings (SSSR count). The zero-order chi connectivity index (χ0) is 15.5. The Labute approximate surface area is 125 Å². The van der Waals surface area contributed by atoms with Crippen molar-refractivity contribution in [2.24, 2.45) is 5.84 Å². The van der Waals surface area contributed by atoms with Gasteiger partial charge in [-0.05, 0) is 24.0 Å². The lowest BCUT2D eigenvalue weighted by molar-refractivity contribution is 0.292. The van der Waals surface area contributed by atoms with Gasteiger partial charge in [0, 0.05) is 0 Å². The first-order valence-electron chi connectivity index (χ1n) is 6.91. The number of aromatic nitrogens is 2. The second-order valence-corrected chi connectivity index (χ2v) is 6.08. The number of rotatable bonds is 4. The maximum atomic E-state index is 5.92. The SMILES string of the molecule is Cc1ccc(OCc2cnc(NN)cn2)c(C(C)(C)C)c1. The van der Waals surface area contributed by atoms with Crippen LogP contribution in [0.5, 0.6) is 5.75 Å². The summed E-state index contributed by atoms with van der Waals surface area (Å²) in [4.78, 5) is 8.36. The van der Waals surface area contributed by atoms with Crippen molar-refractivity contribution in [2.75, 3.05) is 5.43 Å². The molecule has 1 aromatic heterocycles. The van der Waals surface area contributed by atoms with Crippen LogP contribution in [0.3, 0.4) is 0 Å². The first kappa shape index (κ1) is 15.3. The third-order valence-corrected chi connectivity index (χ3v) is 3.17. The van der Waals surface area contributed by atoms with Crippen LogP contribution in [0.25, 0.3) is 0 Å². The van der Waals surface area contributed by atoms with Crippen LogP contribution >= 0.6 is 0 Å². The standard InChI is InChI=1S/C16H22N4O/c1-11-5-6-14(13(7-11)16(2,3)4)21-10-12-8-19-15(20-17)9-18-12/h5-9H,10,17H2,1-4H3,(H,19,20). The van der Waals surface area contributed by atoms with Crippen LogP contribution < -0.4 is 16.0 Å². The van der Waals surface area contributed by atoms with Crippen LogP contribution in [0.1, 0.15) is 37.6 Å². The van der Waals surface area contributed by atoms with E-state index in [1.165, 1.54) is 11.1 Å². The monoisotopic (exact) mass is 286 g/mol. The summed E-state index contributed by atoms with van der Waals surface area (Å²) >= 11 is 0. The second kappa shape index (κ2) is 6.10. The predicted molar refractivity (Wildman–Crippen MR) is 84.1 cm³/mol. The van der Waals surface area contributed by atoms with E-state index < -0.39 is 0 Å². The van der Waals surface area contributed by atoms with Gasteiger partial charge in [0.25, 0.3) is 0 Å². The molecule has 5 heteroatoms. The Hall–Kier alpha value is -2.14. The number of nitrogens with two attached hydrogens (primary N) is 1. The summed E-state index contributed by atoms with van der Waals surface area (Å²) in [6, 6.07) is 6.24. The van der Waals surface area contributed by atoms with Crippen molar-refractivity contribution in [3.8, 4) is 5.75 Å². The van der Waals surface area contributed by atoms with Gasteiger partial charge >= 0.3 is 0 Å². The Morgan fingerprint density at radius 2 is 1.95 bits per heavy atom. The van der Waals surface area contributed by atoms with Crippen molar-refractivity contribution in [1.29, 1.82) is 0 Å². The van der Waals surface area contributed by atoms with Gasteiger partial charge in [-0.15, -0.1) is 0 Å². The molecule has 0 amide bonds. The molecule has 0 bridgehead atoms. The number of nitrogen functional groups attached to an aromatic ring is 1. The lowest BCUT2D eigenvalue weighted by atomic mass is 9.85. The van der Waals surface area contributed by atoms with Crippen molar-refractivity contribution >= 4 is 5.82 Å². The van der Waals surface area contributed by atoms with Crippen LogP contribution in [0.2, 0.25) is 0 Å². The summed E-state index contributed by atoms with van der Waals surface area (Å²) in [5.74, 6) is 6.68. The molecule has 2 aromatic rings. The van der Waals surface area contributed by atoms with E-state index in [0.717, 1.165) is 11.4 Å². The van der Waals surface area contributed by atoms with Crippen molar-refractivity contribution in [3.63, 3.8) is 0 Å². The van der Waals surface area contributed by atoms with Gasteiger partial charge in [-0.1, -0.05) is 38.5 Å². The molecule has 21 heavy (non-hydrogen) atoms. The third-order valence-electron chi connectivity index (χ3n) is 3.17. The van der Waals surface area contributed by atoms with Gasteiger partial charge in [-0.3, -0.25) is 4.98 Å². The largest absolute Gasteiger partial charge is 0.487 e. The maximum absolute atomic E-state index is 5.92. The summed E-state index contributed by atoms with van der Waals surface area (Å²) in [5.41, 5.74) is 5.65. The minimum atomic E-state index is 0.0281. The average molecular weight is 286 g/mol. The number of benzene rings is 1. The first-order chi connectivity index (χ1) is 9.90. The number of hydrogen-bond acceptors (Lipinski definition) is 5. The minimum absolute atomic E-state index is 0.0281. The highest BCUT2D eigenvalue weighted by Gasteiger charge is 2.19. The Morgan fingerprint density at radius 1 is 1.19 bits per heavy atom. The van der Waals surface area contributed by atoms with Crippen LogP contribution in [-0.4, -0.2) is 9.97 Å². The molecular formula is C16H22N4O. The van der Waals surface area contributed by atoms with Gasteiger partial charge in [-0.25, -0.2) is 10.8 Å². The van der Waals surface area contributed by atoms with E-state index in [1.54, 1.807) is 12.4 Å².